The Morgan fingerprint density at radius 2 is 1.76 bits per heavy atom. The fourth-order valence-corrected chi connectivity index (χ4v) is 6.61. The van der Waals surface area contributed by atoms with E-state index in [-0.39, 0.29) is 35.3 Å². The van der Waals surface area contributed by atoms with Crippen LogP contribution in [0.2, 0.25) is 0 Å². The minimum atomic E-state index is -3.93. The van der Waals surface area contributed by atoms with Gasteiger partial charge in [-0.1, -0.05) is 61.5 Å². The van der Waals surface area contributed by atoms with E-state index in [4.69, 9.17) is 4.74 Å². The molecule has 1 aliphatic heterocycles. The Morgan fingerprint density at radius 3 is 2.45 bits per heavy atom. The maximum Gasteiger partial charge on any atom is 0.336 e. The summed E-state index contributed by atoms with van der Waals surface area (Å²) < 4.78 is 35.2. The lowest BCUT2D eigenvalue weighted by Crippen LogP contribution is -2.49. The van der Waals surface area contributed by atoms with E-state index in [1.807, 2.05) is 55.3 Å². The highest BCUT2D eigenvalue weighted by Gasteiger charge is 2.38. The fraction of sp³-hybridized carbons (Fsp3) is 0.345. The van der Waals surface area contributed by atoms with Crippen molar-refractivity contribution in [3.63, 3.8) is 0 Å². The summed E-state index contributed by atoms with van der Waals surface area (Å²) >= 11 is 0. The Labute approximate surface area is 224 Å². The Balaban J connectivity index is 1.71. The first kappa shape index (κ1) is 27.8. The van der Waals surface area contributed by atoms with Crippen molar-refractivity contribution < 1.29 is 28.2 Å². The maximum absolute atomic E-state index is 13.7. The van der Waals surface area contributed by atoms with Crippen molar-refractivity contribution in [2.45, 2.75) is 37.4 Å². The number of fused-ring (bicyclic) bond motifs is 1. The van der Waals surface area contributed by atoms with E-state index in [0.29, 0.717) is 18.7 Å². The van der Waals surface area contributed by atoms with Gasteiger partial charge < -0.3 is 14.9 Å². The van der Waals surface area contributed by atoms with E-state index >= 15 is 0 Å². The molecule has 8 nitrogen and oxygen atoms in total. The van der Waals surface area contributed by atoms with Crippen molar-refractivity contribution in [3.05, 3.63) is 83.9 Å². The van der Waals surface area contributed by atoms with Crippen LogP contribution in [-0.4, -0.2) is 72.7 Å². The first-order valence-electron chi connectivity index (χ1n) is 12.6. The quantitative estimate of drug-likeness (QED) is 0.447. The summed E-state index contributed by atoms with van der Waals surface area (Å²) in [5, 5.41) is 19.4. The minimum absolute atomic E-state index is 0.0632. The molecule has 38 heavy (non-hydrogen) atoms. The van der Waals surface area contributed by atoms with E-state index < -0.39 is 28.1 Å². The smallest absolute Gasteiger partial charge is 0.336 e. The van der Waals surface area contributed by atoms with Crippen LogP contribution in [0.5, 0.6) is 5.75 Å². The number of hydrogen-bond acceptors (Lipinski definition) is 6. The van der Waals surface area contributed by atoms with Crippen LogP contribution in [0.3, 0.4) is 0 Å². The molecule has 1 heterocycles. The normalized spacial score (nSPS) is 20.1. The van der Waals surface area contributed by atoms with Crippen LogP contribution in [0.4, 0.5) is 0 Å². The van der Waals surface area contributed by atoms with Gasteiger partial charge in [0.25, 0.3) is 0 Å². The van der Waals surface area contributed by atoms with Crippen molar-refractivity contribution in [2.24, 2.45) is 5.92 Å². The average molecular weight is 539 g/mol. The number of aliphatic hydroxyl groups is 1. The molecule has 0 fully saturated rings. The zero-order valence-electron chi connectivity index (χ0n) is 21.8. The number of nitrogens with zero attached hydrogens (tertiary/aromatic N) is 2. The minimum Gasteiger partial charge on any atom is -0.487 e. The third-order valence-corrected chi connectivity index (χ3v) is 8.97. The van der Waals surface area contributed by atoms with Crippen LogP contribution in [0.15, 0.2) is 77.7 Å². The average Bonchev–Trinajstić information content (AvgIpc) is 2.90. The second kappa shape index (κ2) is 11.7. The number of likely N-dealkylation sites (N-methyl/N-ethyl adjacent to an activating group) is 1. The fourth-order valence-electron chi connectivity index (χ4n) is 4.78. The molecule has 2 N–H and O–H groups in total. The lowest BCUT2D eigenvalue weighted by molar-refractivity contribution is 0.0686. The number of rotatable bonds is 8. The molecule has 3 atom stereocenters. The van der Waals surface area contributed by atoms with Crippen molar-refractivity contribution >= 4 is 16.0 Å². The Kier molecular flexibility index (Phi) is 8.52. The van der Waals surface area contributed by atoms with Crippen LogP contribution in [0.1, 0.15) is 29.8 Å². The SMILES string of the molecule is C[C@@H]1CN([C@H](C)CO)S(=O)(=O)c2ccc(-c3ccccc3)cc2O[C@@H]1CN(C)Cc1ccccc1C(=O)O. The molecule has 9 heteroatoms. The number of sulfonamides is 1. The molecule has 3 aromatic rings. The zero-order chi connectivity index (χ0) is 27.4. The van der Waals surface area contributed by atoms with E-state index in [1.54, 1.807) is 43.3 Å². The molecule has 202 valence electrons. The second-order valence-electron chi connectivity index (χ2n) is 9.93. The van der Waals surface area contributed by atoms with Crippen molar-refractivity contribution in [1.29, 1.82) is 0 Å². The number of aliphatic hydroxyl groups excluding tert-OH is 1. The number of carboxylic acid groups (broad SMARTS) is 1. The van der Waals surface area contributed by atoms with Crippen molar-refractivity contribution in [3.8, 4) is 16.9 Å². The number of ether oxygens (including phenoxy) is 1. The molecule has 0 radical (unpaired) electrons. The van der Waals surface area contributed by atoms with Gasteiger partial charge in [0.1, 0.15) is 16.7 Å². The summed E-state index contributed by atoms with van der Waals surface area (Å²) in [5.74, 6) is -0.937. The third kappa shape index (κ3) is 5.91. The topological polar surface area (TPSA) is 107 Å². The van der Waals surface area contributed by atoms with Gasteiger partial charge in [0, 0.05) is 31.6 Å². The van der Waals surface area contributed by atoms with Gasteiger partial charge in [-0.05, 0) is 48.9 Å². The number of aromatic carboxylic acids is 1. The van der Waals surface area contributed by atoms with Crippen LogP contribution in [-0.2, 0) is 16.6 Å². The summed E-state index contributed by atoms with van der Waals surface area (Å²) in [6, 6.07) is 21.0. The molecular weight excluding hydrogens is 504 g/mol. The zero-order valence-corrected chi connectivity index (χ0v) is 22.6. The lowest BCUT2D eigenvalue weighted by atomic mass is 10.0. The van der Waals surface area contributed by atoms with Crippen LogP contribution >= 0.6 is 0 Å². The second-order valence-corrected chi connectivity index (χ2v) is 11.8. The van der Waals surface area contributed by atoms with Gasteiger partial charge in [-0.25, -0.2) is 13.2 Å². The van der Waals surface area contributed by atoms with Crippen molar-refractivity contribution in [2.75, 3.05) is 26.7 Å². The molecule has 4 rings (SSSR count). The van der Waals surface area contributed by atoms with Gasteiger partial charge in [-0.15, -0.1) is 0 Å². The molecular formula is C29H34N2O6S. The summed E-state index contributed by atoms with van der Waals surface area (Å²) in [6.07, 6.45) is -0.398. The summed E-state index contributed by atoms with van der Waals surface area (Å²) in [4.78, 5) is 13.7. The monoisotopic (exact) mass is 538 g/mol. The predicted octanol–water partition coefficient (Wildman–Crippen LogP) is 3.95. The lowest BCUT2D eigenvalue weighted by Gasteiger charge is -2.37. The van der Waals surface area contributed by atoms with Crippen LogP contribution < -0.4 is 4.74 Å². The van der Waals surface area contributed by atoms with Gasteiger partial charge >= 0.3 is 5.97 Å². The molecule has 0 aliphatic carbocycles. The number of benzene rings is 3. The largest absolute Gasteiger partial charge is 0.487 e. The first-order valence-corrected chi connectivity index (χ1v) is 14.0. The van der Waals surface area contributed by atoms with E-state index in [1.165, 1.54) is 4.31 Å². The van der Waals surface area contributed by atoms with Crippen molar-refractivity contribution in [1.82, 2.24) is 9.21 Å². The standard InChI is InChI=1S/C29H34N2O6S/c1-20-16-31(21(2)19-32)38(35,36)28-14-13-23(22-9-5-4-6-10-22)15-26(28)37-27(20)18-30(3)17-24-11-7-8-12-25(24)29(33)34/h4-15,20-21,27,32H,16-19H2,1-3H3,(H,33,34)/t20-,21-,27-/m1/s1. The van der Waals surface area contributed by atoms with Crippen LogP contribution in [0.25, 0.3) is 11.1 Å². The number of hydrogen-bond donors (Lipinski definition) is 2. The van der Waals surface area contributed by atoms with E-state index in [9.17, 15) is 23.4 Å². The highest BCUT2D eigenvalue weighted by molar-refractivity contribution is 7.89. The first-order chi connectivity index (χ1) is 18.1. The van der Waals surface area contributed by atoms with E-state index in [0.717, 1.165) is 11.1 Å². The number of carboxylic acids is 1. The molecule has 0 saturated heterocycles. The number of carbonyl (C=O) groups is 1. The molecule has 0 unspecified atom stereocenters. The van der Waals surface area contributed by atoms with E-state index in [2.05, 4.69) is 0 Å². The molecule has 1 aliphatic rings. The molecule has 0 saturated carbocycles. The van der Waals surface area contributed by atoms with Gasteiger partial charge in [0.15, 0.2) is 0 Å². The highest BCUT2D eigenvalue weighted by Crippen LogP contribution is 2.36. The van der Waals surface area contributed by atoms with Gasteiger partial charge in [-0.3, -0.25) is 4.90 Å². The Morgan fingerprint density at radius 1 is 1.08 bits per heavy atom. The highest BCUT2D eigenvalue weighted by atomic mass is 32.2. The summed E-state index contributed by atoms with van der Waals surface area (Å²) in [7, 11) is -2.04. The summed E-state index contributed by atoms with van der Waals surface area (Å²) in [6.45, 7) is 4.32. The van der Waals surface area contributed by atoms with Gasteiger partial charge in [0.05, 0.1) is 12.2 Å². The molecule has 0 aromatic heterocycles. The van der Waals surface area contributed by atoms with Gasteiger partial charge in [-0.2, -0.15) is 4.31 Å². The molecule has 3 aromatic carbocycles. The Bertz CT molecular complexity index is 1380. The maximum atomic E-state index is 13.7. The predicted molar refractivity (Wildman–Crippen MR) is 146 cm³/mol. The molecule has 0 spiro atoms. The van der Waals surface area contributed by atoms with Crippen LogP contribution in [0, 0.1) is 5.92 Å². The summed E-state index contributed by atoms with van der Waals surface area (Å²) in [5.41, 5.74) is 2.70. The third-order valence-electron chi connectivity index (χ3n) is 6.95. The molecule has 0 bridgehead atoms. The molecule has 0 amide bonds. The Hall–Kier alpha value is -3.24. The van der Waals surface area contributed by atoms with Gasteiger partial charge in [0.2, 0.25) is 10.0 Å².